The summed E-state index contributed by atoms with van der Waals surface area (Å²) < 4.78 is 23.7. The topological polar surface area (TPSA) is 144 Å². The quantitative estimate of drug-likeness (QED) is 0.298. The van der Waals surface area contributed by atoms with E-state index in [-0.39, 0.29) is 6.61 Å². The fraction of sp³-hybridized carbons (Fsp3) is 0.333. The third-order valence-corrected chi connectivity index (χ3v) is 8.36. The number of ketones is 1. The number of nitrogens with two attached hydrogens (primary N) is 1. The van der Waals surface area contributed by atoms with Crippen LogP contribution >= 0.6 is 0 Å². The van der Waals surface area contributed by atoms with Crippen molar-refractivity contribution in [2.45, 2.75) is 42.7 Å². The van der Waals surface area contributed by atoms with Crippen molar-refractivity contribution in [3.63, 3.8) is 0 Å². The van der Waals surface area contributed by atoms with Gasteiger partial charge in [0.15, 0.2) is 17.7 Å². The summed E-state index contributed by atoms with van der Waals surface area (Å²) in [6.07, 6.45) is -2.49. The summed E-state index contributed by atoms with van der Waals surface area (Å²) >= 11 is 0. The first-order valence-electron chi connectivity index (χ1n) is 14.1. The van der Waals surface area contributed by atoms with Crippen molar-refractivity contribution < 1.29 is 38.7 Å². The highest BCUT2D eigenvalue weighted by molar-refractivity contribution is 5.93. The first-order chi connectivity index (χ1) is 21.1. The number of aliphatic hydroxyl groups is 2. The van der Waals surface area contributed by atoms with E-state index in [9.17, 15) is 19.8 Å². The Bertz CT molecular complexity index is 1450. The summed E-state index contributed by atoms with van der Waals surface area (Å²) in [4.78, 5) is 27.5. The van der Waals surface area contributed by atoms with Gasteiger partial charge in [-0.3, -0.25) is 20.3 Å². The Morgan fingerprint density at radius 3 is 1.93 bits per heavy atom. The largest absolute Gasteiger partial charge is 0.497 e. The van der Waals surface area contributed by atoms with Gasteiger partial charge in [0.1, 0.15) is 35.4 Å². The lowest BCUT2D eigenvalue weighted by atomic mass is 9.80. The van der Waals surface area contributed by atoms with E-state index in [0.717, 1.165) is 26.5 Å². The van der Waals surface area contributed by atoms with Gasteiger partial charge in [-0.25, -0.2) is 4.79 Å². The number of hydrogen-bond acceptors (Lipinski definition) is 9. The van der Waals surface area contributed by atoms with E-state index in [1.54, 1.807) is 14.2 Å². The Morgan fingerprint density at radius 1 is 0.909 bits per heavy atom. The van der Waals surface area contributed by atoms with Crippen LogP contribution in [0.1, 0.15) is 23.6 Å². The summed E-state index contributed by atoms with van der Waals surface area (Å²) in [5.74, 6) is 0.903. The van der Waals surface area contributed by atoms with Gasteiger partial charge >= 0.3 is 6.03 Å². The zero-order chi connectivity index (χ0) is 31.6. The van der Waals surface area contributed by atoms with Crippen molar-refractivity contribution in [1.29, 1.82) is 0 Å². The van der Waals surface area contributed by atoms with Gasteiger partial charge in [0.05, 0.1) is 20.8 Å². The molecule has 3 aromatic rings. The molecular weight excluding hydrogens is 566 g/mol. The number of ether oxygens (including phenoxy) is 4. The summed E-state index contributed by atoms with van der Waals surface area (Å²) in [5.41, 5.74) is 5.67. The van der Waals surface area contributed by atoms with Crippen molar-refractivity contribution in [2.75, 3.05) is 27.9 Å². The van der Waals surface area contributed by atoms with Crippen LogP contribution in [0.5, 0.6) is 11.5 Å². The SMILES string of the molecule is COc1ccc(C(OC[C@H]2O[C@@H](N3C=CC(N)(C(C)=O)N(C)C3=O)[C@H](O)[C@@H]2O)(c2ccccc2)c2ccc(OC)cc2)cc1. The molecule has 3 aromatic carbocycles. The molecule has 2 aliphatic rings. The number of amides is 2. The zero-order valence-corrected chi connectivity index (χ0v) is 25.0. The van der Waals surface area contributed by atoms with Crippen LogP contribution in [-0.4, -0.2) is 89.9 Å². The first kappa shape index (κ1) is 31.2. The van der Waals surface area contributed by atoms with E-state index < -0.39 is 47.6 Å². The van der Waals surface area contributed by atoms with Gasteiger partial charge in [-0.1, -0.05) is 54.6 Å². The summed E-state index contributed by atoms with van der Waals surface area (Å²) in [6.45, 7) is 1.12. The lowest BCUT2D eigenvalue weighted by Crippen LogP contribution is -2.66. The highest BCUT2D eigenvalue weighted by atomic mass is 16.6. The van der Waals surface area contributed by atoms with E-state index in [2.05, 4.69) is 0 Å². The van der Waals surface area contributed by atoms with Crippen LogP contribution in [0.25, 0.3) is 0 Å². The number of nitrogens with zero attached hydrogens (tertiary/aromatic N) is 2. The van der Waals surface area contributed by atoms with E-state index in [1.807, 2.05) is 78.9 Å². The van der Waals surface area contributed by atoms with E-state index in [1.165, 1.54) is 26.2 Å². The molecule has 0 bridgehead atoms. The number of hydrogen-bond donors (Lipinski definition) is 3. The number of Topliss-reactive ketones (excluding diaryl/α,β-unsaturated/α-hetero) is 1. The standard InChI is InChI=1S/C33H37N3O8/c1-21(37)32(34)18-19-36(31(40)35(32)2)30-29(39)28(38)27(44-30)20-43-33(22-8-6-5-7-9-22,23-10-14-25(41-3)15-11-23)24-12-16-26(42-4)17-13-24/h5-19,27-30,38-39H,20,34H2,1-4H3/t27-,28-,29-,30-,32?/m1/s1. The summed E-state index contributed by atoms with van der Waals surface area (Å²) in [5, 5.41) is 22.1. The molecule has 11 heteroatoms. The van der Waals surface area contributed by atoms with Gasteiger partial charge in [0.25, 0.3) is 0 Å². The Balaban J connectivity index is 1.50. The minimum absolute atomic E-state index is 0.169. The Labute approximate surface area is 256 Å². The molecule has 232 valence electrons. The average Bonchev–Trinajstić information content (AvgIpc) is 3.33. The predicted octanol–water partition coefficient (Wildman–Crippen LogP) is 2.58. The zero-order valence-electron chi connectivity index (χ0n) is 25.0. The number of urea groups is 1. The molecule has 44 heavy (non-hydrogen) atoms. The van der Waals surface area contributed by atoms with Crippen LogP contribution in [0.2, 0.25) is 0 Å². The molecule has 5 rings (SSSR count). The molecule has 5 atom stereocenters. The minimum Gasteiger partial charge on any atom is -0.497 e. The molecular formula is C33H37N3O8. The maximum absolute atomic E-state index is 13.2. The molecule has 0 aromatic heterocycles. The summed E-state index contributed by atoms with van der Waals surface area (Å²) in [6, 6.07) is 23.9. The van der Waals surface area contributed by atoms with E-state index in [0.29, 0.717) is 11.5 Å². The van der Waals surface area contributed by atoms with Crippen LogP contribution < -0.4 is 15.2 Å². The maximum Gasteiger partial charge on any atom is 0.328 e. The smallest absolute Gasteiger partial charge is 0.328 e. The second-order valence-electron chi connectivity index (χ2n) is 10.8. The molecule has 1 unspecified atom stereocenters. The van der Waals surface area contributed by atoms with E-state index >= 15 is 0 Å². The highest BCUT2D eigenvalue weighted by Crippen LogP contribution is 2.42. The second-order valence-corrected chi connectivity index (χ2v) is 10.8. The third-order valence-electron chi connectivity index (χ3n) is 8.36. The van der Waals surface area contributed by atoms with Crippen molar-refractivity contribution in [3.05, 3.63) is 108 Å². The normalized spacial score (nSPS) is 25.3. The average molecular weight is 604 g/mol. The maximum atomic E-state index is 13.2. The van der Waals surface area contributed by atoms with Gasteiger partial charge in [-0.2, -0.15) is 0 Å². The van der Waals surface area contributed by atoms with Crippen molar-refractivity contribution >= 4 is 11.8 Å². The predicted molar refractivity (Wildman–Crippen MR) is 161 cm³/mol. The van der Waals surface area contributed by atoms with Gasteiger partial charge in [-0.15, -0.1) is 0 Å². The van der Waals surface area contributed by atoms with E-state index in [4.69, 9.17) is 24.7 Å². The van der Waals surface area contributed by atoms with Crippen molar-refractivity contribution in [1.82, 2.24) is 9.80 Å². The van der Waals surface area contributed by atoms with Gasteiger partial charge < -0.3 is 29.2 Å². The minimum atomic E-state index is -1.63. The number of aliphatic hydroxyl groups excluding tert-OH is 2. The number of carbonyl (C=O) groups excluding carboxylic acids is 2. The number of methoxy groups -OCH3 is 2. The molecule has 1 saturated heterocycles. The highest BCUT2D eigenvalue weighted by Gasteiger charge is 2.51. The molecule has 0 spiro atoms. The Hall–Kier alpha value is -4.26. The lowest BCUT2D eigenvalue weighted by molar-refractivity contribution is -0.126. The van der Waals surface area contributed by atoms with Gasteiger partial charge in [0, 0.05) is 13.2 Å². The molecule has 0 aliphatic carbocycles. The van der Waals surface area contributed by atoms with Gasteiger partial charge in [0.2, 0.25) is 0 Å². The van der Waals surface area contributed by atoms with Crippen LogP contribution in [-0.2, 0) is 19.9 Å². The number of benzene rings is 3. The lowest BCUT2D eigenvalue weighted by Gasteiger charge is -2.42. The second kappa shape index (κ2) is 12.4. The molecule has 0 radical (unpaired) electrons. The molecule has 2 amide bonds. The molecule has 11 nitrogen and oxygen atoms in total. The molecule has 0 saturated carbocycles. The van der Waals surface area contributed by atoms with Crippen LogP contribution in [0, 0.1) is 0 Å². The van der Waals surface area contributed by atoms with Crippen molar-refractivity contribution in [3.8, 4) is 11.5 Å². The van der Waals surface area contributed by atoms with Gasteiger partial charge in [-0.05, 0) is 54.0 Å². The third kappa shape index (κ3) is 5.33. The number of rotatable bonds is 10. The number of carbonyl (C=O) groups is 2. The monoisotopic (exact) mass is 603 g/mol. The molecule has 2 aliphatic heterocycles. The molecule has 4 N–H and O–H groups in total. The van der Waals surface area contributed by atoms with Crippen molar-refractivity contribution in [2.24, 2.45) is 5.73 Å². The van der Waals surface area contributed by atoms with Crippen LogP contribution in [0.3, 0.4) is 0 Å². The Morgan fingerprint density at radius 2 is 1.43 bits per heavy atom. The number of likely N-dealkylation sites (N-methyl/N-ethyl adjacent to an activating group) is 1. The first-order valence-corrected chi connectivity index (χ1v) is 14.1. The molecule has 1 fully saturated rings. The fourth-order valence-electron chi connectivity index (χ4n) is 5.63. The van der Waals surface area contributed by atoms with Crippen LogP contribution in [0.4, 0.5) is 4.79 Å². The Kier molecular flexibility index (Phi) is 8.78. The molecule has 2 heterocycles. The van der Waals surface area contributed by atoms with Crippen LogP contribution in [0.15, 0.2) is 91.1 Å². The summed E-state index contributed by atoms with van der Waals surface area (Å²) in [7, 11) is 4.57. The fourth-order valence-corrected chi connectivity index (χ4v) is 5.63.